The maximum atomic E-state index is 12.1. The topological polar surface area (TPSA) is 58.6 Å². The standard InChI is InChI=1S/C17H24ClNO3/c1-22-15(13-7-3-4-8-14(13)18)12-19-16(20)11-17(21)9-5-2-6-10-17/h3-4,7-8,15,21H,2,5-6,9-12H2,1H3,(H,19,20). The lowest BCUT2D eigenvalue weighted by Crippen LogP contribution is -2.39. The Labute approximate surface area is 136 Å². The van der Waals surface area contributed by atoms with Crippen molar-refractivity contribution in [3.8, 4) is 0 Å². The molecule has 0 saturated heterocycles. The first-order valence-electron chi connectivity index (χ1n) is 7.80. The van der Waals surface area contributed by atoms with Crippen LogP contribution in [0.15, 0.2) is 24.3 Å². The number of nitrogens with one attached hydrogen (secondary N) is 1. The molecule has 1 aromatic rings. The van der Waals surface area contributed by atoms with Crippen molar-refractivity contribution in [3.05, 3.63) is 34.9 Å². The molecule has 1 aromatic carbocycles. The molecule has 0 bridgehead atoms. The zero-order valence-corrected chi connectivity index (χ0v) is 13.7. The molecule has 1 fully saturated rings. The summed E-state index contributed by atoms with van der Waals surface area (Å²) < 4.78 is 5.42. The zero-order valence-electron chi connectivity index (χ0n) is 13.0. The van der Waals surface area contributed by atoms with Crippen LogP contribution in [0.1, 0.15) is 50.2 Å². The third-order valence-electron chi connectivity index (χ3n) is 4.30. The SMILES string of the molecule is COC(CNC(=O)CC1(O)CCCCC1)c1ccccc1Cl. The number of carbonyl (C=O) groups excluding carboxylic acids is 1. The van der Waals surface area contributed by atoms with Crippen molar-refractivity contribution in [2.75, 3.05) is 13.7 Å². The number of rotatable bonds is 6. The van der Waals surface area contributed by atoms with E-state index in [1.165, 1.54) is 0 Å². The van der Waals surface area contributed by atoms with Crippen molar-refractivity contribution in [1.29, 1.82) is 0 Å². The fourth-order valence-electron chi connectivity index (χ4n) is 3.01. The van der Waals surface area contributed by atoms with E-state index in [9.17, 15) is 9.90 Å². The van der Waals surface area contributed by atoms with Crippen LogP contribution in [0.4, 0.5) is 0 Å². The summed E-state index contributed by atoms with van der Waals surface area (Å²) in [5, 5.41) is 13.9. The number of ether oxygens (including phenoxy) is 1. The Bertz CT molecular complexity index is 500. The van der Waals surface area contributed by atoms with Gasteiger partial charge in [-0.25, -0.2) is 0 Å². The molecule has 0 aliphatic heterocycles. The normalized spacial score (nSPS) is 18.7. The smallest absolute Gasteiger partial charge is 0.222 e. The number of methoxy groups -OCH3 is 1. The molecule has 2 N–H and O–H groups in total. The van der Waals surface area contributed by atoms with Crippen molar-refractivity contribution >= 4 is 17.5 Å². The van der Waals surface area contributed by atoms with E-state index < -0.39 is 5.60 Å². The van der Waals surface area contributed by atoms with Gasteiger partial charge in [0.2, 0.25) is 5.91 Å². The second kappa shape index (κ2) is 7.95. The Morgan fingerprint density at radius 3 is 2.68 bits per heavy atom. The molecule has 0 radical (unpaired) electrons. The molecule has 2 rings (SSSR count). The largest absolute Gasteiger partial charge is 0.389 e. The fourth-order valence-corrected chi connectivity index (χ4v) is 3.27. The first kappa shape index (κ1) is 17.3. The van der Waals surface area contributed by atoms with E-state index in [1.807, 2.05) is 18.2 Å². The van der Waals surface area contributed by atoms with Crippen molar-refractivity contribution in [1.82, 2.24) is 5.32 Å². The summed E-state index contributed by atoms with van der Waals surface area (Å²) in [6.45, 7) is 0.342. The van der Waals surface area contributed by atoms with Gasteiger partial charge in [-0.15, -0.1) is 0 Å². The summed E-state index contributed by atoms with van der Waals surface area (Å²) in [4.78, 5) is 12.1. The molecule has 1 unspecified atom stereocenters. The Morgan fingerprint density at radius 1 is 1.36 bits per heavy atom. The maximum Gasteiger partial charge on any atom is 0.222 e. The molecule has 1 saturated carbocycles. The molecule has 5 heteroatoms. The van der Waals surface area contributed by atoms with E-state index in [2.05, 4.69) is 5.32 Å². The molecular weight excluding hydrogens is 302 g/mol. The van der Waals surface area contributed by atoms with E-state index in [-0.39, 0.29) is 18.4 Å². The zero-order chi connectivity index (χ0) is 16.0. The van der Waals surface area contributed by atoms with Gasteiger partial charge in [0.1, 0.15) is 6.10 Å². The predicted molar refractivity (Wildman–Crippen MR) is 86.9 cm³/mol. The second-order valence-corrected chi connectivity index (χ2v) is 6.42. The first-order chi connectivity index (χ1) is 10.5. The summed E-state index contributed by atoms with van der Waals surface area (Å²) >= 11 is 6.16. The van der Waals surface area contributed by atoms with Gasteiger partial charge in [-0.05, 0) is 18.9 Å². The Morgan fingerprint density at radius 2 is 2.05 bits per heavy atom. The molecule has 0 spiro atoms. The molecule has 1 aliphatic carbocycles. The minimum atomic E-state index is -0.838. The number of hydrogen-bond acceptors (Lipinski definition) is 3. The fraction of sp³-hybridized carbons (Fsp3) is 0.588. The van der Waals surface area contributed by atoms with Crippen molar-refractivity contribution in [3.63, 3.8) is 0 Å². The highest BCUT2D eigenvalue weighted by molar-refractivity contribution is 6.31. The van der Waals surface area contributed by atoms with Crippen LogP contribution in [0.2, 0.25) is 5.02 Å². The van der Waals surface area contributed by atoms with E-state index in [0.717, 1.165) is 24.8 Å². The van der Waals surface area contributed by atoms with Crippen molar-refractivity contribution in [2.24, 2.45) is 0 Å². The first-order valence-corrected chi connectivity index (χ1v) is 8.18. The van der Waals surface area contributed by atoms with Crippen LogP contribution in [0.3, 0.4) is 0 Å². The molecule has 22 heavy (non-hydrogen) atoms. The van der Waals surface area contributed by atoms with E-state index in [0.29, 0.717) is 24.4 Å². The van der Waals surface area contributed by atoms with Crippen LogP contribution in [0, 0.1) is 0 Å². The quantitative estimate of drug-likeness (QED) is 0.844. The number of benzene rings is 1. The summed E-state index contributed by atoms with van der Waals surface area (Å²) in [5.74, 6) is -0.140. The van der Waals surface area contributed by atoms with Crippen LogP contribution >= 0.6 is 11.6 Å². The van der Waals surface area contributed by atoms with E-state index in [1.54, 1.807) is 13.2 Å². The van der Waals surface area contributed by atoms with Gasteiger partial charge in [0, 0.05) is 24.2 Å². The monoisotopic (exact) mass is 325 g/mol. The number of carbonyl (C=O) groups is 1. The lowest BCUT2D eigenvalue weighted by molar-refractivity contribution is -0.128. The molecule has 1 amide bonds. The van der Waals surface area contributed by atoms with Crippen molar-refractivity contribution < 1.29 is 14.6 Å². The Hall–Kier alpha value is -1.10. The van der Waals surface area contributed by atoms with Crippen molar-refractivity contribution in [2.45, 2.75) is 50.2 Å². The van der Waals surface area contributed by atoms with Gasteiger partial charge >= 0.3 is 0 Å². The third kappa shape index (κ3) is 4.70. The molecule has 1 aliphatic rings. The lowest BCUT2D eigenvalue weighted by Gasteiger charge is -2.31. The summed E-state index contributed by atoms with van der Waals surface area (Å²) in [6.07, 6.45) is 4.40. The highest BCUT2D eigenvalue weighted by Crippen LogP contribution is 2.31. The van der Waals surface area contributed by atoms with Gasteiger partial charge in [-0.2, -0.15) is 0 Å². The van der Waals surface area contributed by atoms with E-state index >= 15 is 0 Å². The van der Waals surface area contributed by atoms with Gasteiger partial charge in [0.25, 0.3) is 0 Å². The Balaban J connectivity index is 1.88. The maximum absolute atomic E-state index is 12.1. The average Bonchev–Trinajstić information content (AvgIpc) is 2.49. The third-order valence-corrected chi connectivity index (χ3v) is 4.64. The molecule has 0 aromatic heterocycles. The molecule has 1 atom stereocenters. The van der Waals surface area contributed by atoms with E-state index in [4.69, 9.17) is 16.3 Å². The molecule has 122 valence electrons. The summed E-state index contributed by atoms with van der Waals surface area (Å²) in [5.41, 5.74) is 0.0123. The van der Waals surface area contributed by atoms with Crippen LogP contribution in [-0.2, 0) is 9.53 Å². The lowest BCUT2D eigenvalue weighted by atomic mass is 9.82. The summed E-state index contributed by atoms with van der Waals surface area (Å²) in [6, 6.07) is 7.43. The molecule has 0 heterocycles. The van der Waals surface area contributed by atoms with Gasteiger partial charge < -0.3 is 15.2 Å². The van der Waals surface area contributed by atoms with Crippen LogP contribution in [0.25, 0.3) is 0 Å². The van der Waals surface area contributed by atoms with Gasteiger partial charge in [0.05, 0.1) is 12.0 Å². The highest BCUT2D eigenvalue weighted by atomic mass is 35.5. The van der Waals surface area contributed by atoms with Gasteiger partial charge in [-0.3, -0.25) is 4.79 Å². The second-order valence-electron chi connectivity index (χ2n) is 6.01. The number of aliphatic hydroxyl groups is 1. The van der Waals surface area contributed by atoms with Crippen LogP contribution in [-0.4, -0.2) is 30.3 Å². The molecule has 4 nitrogen and oxygen atoms in total. The summed E-state index contributed by atoms with van der Waals surface area (Å²) in [7, 11) is 1.59. The Kier molecular flexibility index (Phi) is 6.24. The number of halogens is 1. The van der Waals surface area contributed by atoms with Gasteiger partial charge in [0.15, 0.2) is 0 Å². The number of hydrogen-bond donors (Lipinski definition) is 2. The highest BCUT2D eigenvalue weighted by Gasteiger charge is 2.31. The van der Waals surface area contributed by atoms with Crippen LogP contribution < -0.4 is 5.32 Å². The number of amides is 1. The minimum absolute atomic E-state index is 0.140. The molecular formula is C17H24ClNO3. The van der Waals surface area contributed by atoms with Gasteiger partial charge in [-0.1, -0.05) is 49.1 Å². The minimum Gasteiger partial charge on any atom is -0.389 e. The predicted octanol–water partition coefficient (Wildman–Crippen LogP) is 3.23. The van der Waals surface area contributed by atoms with Crippen LogP contribution in [0.5, 0.6) is 0 Å². The average molecular weight is 326 g/mol.